The van der Waals surface area contributed by atoms with Gasteiger partial charge in [0, 0.05) is 13.0 Å². The second kappa shape index (κ2) is 7.88. The summed E-state index contributed by atoms with van der Waals surface area (Å²) >= 11 is 1.79. The standard InChI is InChI=1S/C18H25N3OS/c1-2-3-11-19-17(22)13-21-12-7-6-9-15(21)18-20-14-8-4-5-10-16(14)23-18/h4-5,8,10,15H,2-3,6-7,9,11-13H2,1H3,(H,19,22)/p+1/t15-/m1/s1. The van der Waals surface area contributed by atoms with Gasteiger partial charge in [-0.2, -0.15) is 0 Å². The molecule has 2 aromatic rings. The third-order valence-electron chi connectivity index (χ3n) is 4.58. The van der Waals surface area contributed by atoms with E-state index in [-0.39, 0.29) is 5.91 Å². The first-order chi connectivity index (χ1) is 11.3. The Morgan fingerprint density at radius 3 is 3.09 bits per heavy atom. The summed E-state index contributed by atoms with van der Waals surface area (Å²) in [5, 5.41) is 4.25. The van der Waals surface area contributed by atoms with Crippen LogP contribution in [0, 0.1) is 0 Å². The lowest BCUT2D eigenvalue weighted by Crippen LogP contribution is -3.14. The maximum Gasteiger partial charge on any atom is 0.275 e. The second-order valence-corrected chi connectivity index (χ2v) is 7.42. The van der Waals surface area contributed by atoms with Crippen molar-refractivity contribution in [1.82, 2.24) is 10.3 Å². The number of carbonyl (C=O) groups is 1. The summed E-state index contributed by atoms with van der Waals surface area (Å²) in [7, 11) is 0. The van der Waals surface area contributed by atoms with Crippen molar-refractivity contribution in [3.05, 3.63) is 29.3 Å². The van der Waals surface area contributed by atoms with E-state index in [2.05, 4.69) is 30.4 Å². The highest BCUT2D eigenvalue weighted by molar-refractivity contribution is 7.18. The van der Waals surface area contributed by atoms with Gasteiger partial charge in [-0.25, -0.2) is 4.98 Å². The lowest BCUT2D eigenvalue weighted by molar-refractivity contribution is -0.929. The molecule has 2 atom stereocenters. The van der Waals surface area contributed by atoms with Crippen LogP contribution < -0.4 is 10.2 Å². The van der Waals surface area contributed by atoms with E-state index in [4.69, 9.17) is 4.98 Å². The molecule has 1 aliphatic heterocycles. The second-order valence-electron chi connectivity index (χ2n) is 6.36. The van der Waals surface area contributed by atoms with Crippen LogP contribution in [0.25, 0.3) is 10.2 Å². The number of aromatic nitrogens is 1. The van der Waals surface area contributed by atoms with Gasteiger partial charge >= 0.3 is 0 Å². The Morgan fingerprint density at radius 2 is 2.26 bits per heavy atom. The number of para-hydroxylation sites is 1. The van der Waals surface area contributed by atoms with E-state index < -0.39 is 0 Å². The van der Waals surface area contributed by atoms with Crippen LogP contribution >= 0.6 is 11.3 Å². The summed E-state index contributed by atoms with van der Waals surface area (Å²) < 4.78 is 1.25. The summed E-state index contributed by atoms with van der Waals surface area (Å²) in [6, 6.07) is 8.69. The molecule has 0 radical (unpaired) electrons. The average Bonchev–Trinajstić information content (AvgIpc) is 2.99. The minimum absolute atomic E-state index is 0.182. The summed E-state index contributed by atoms with van der Waals surface area (Å²) in [4.78, 5) is 18.4. The number of likely N-dealkylation sites (tertiary alicyclic amines) is 1. The Morgan fingerprint density at radius 1 is 1.39 bits per heavy atom. The Hall–Kier alpha value is -1.46. The minimum atomic E-state index is 0.182. The van der Waals surface area contributed by atoms with E-state index in [9.17, 15) is 4.79 Å². The van der Waals surface area contributed by atoms with Gasteiger partial charge in [-0.15, -0.1) is 11.3 Å². The van der Waals surface area contributed by atoms with Crippen LogP contribution in [0.3, 0.4) is 0 Å². The highest BCUT2D eigenvalue weighted by atomic mass is 32.1. The predicted octanol–water partition coefficient (Wildman–Crippen LogP) is 2.32. The summed E-state index contributed by atoms with van der Waals surface area (Å²) in [6.07, 6.45) is 5.76. The molecule has 0 spiro atoms. The van der Waals surface area contributed by atoms with Crippen LogP contribution in [0.5, 0.6) is 0 Å². The van der Waals surface area contributed by atoms with Crippen molar-refractivity contribution in [2.45, 2.75) is 45.1 Å². The van der Waals surface area contributed by atoms with Gasteiger partial charge < -0.3 is 10.2 Å². The van der Waals surface area contributed by atoms with Crippen LogP contribution in [0.1, 0.15) is 50.1 Å². The van der Waals surface area contributed by atoms with Gasteiger partial charge in [-0.1, -0.05) is 25.5 Å². The number of quaternary nitrogens is 1. The first-order valence-corrected chi connectivity index (χ1v) is 9.56. The van der Waals surface area contributed by atoms with Crippen molar-refractivity contribution >= 4 is 27.5 Å². The van der Waals surface area contributed by atoms with Crippen molar-refractivity contribution in [1.29, 1.82) is 0 Å². The predicted molar refractivity (Wildman–Crippen MR) is 94.8 cm³/mol. The molecule has 2 heterocycles. The van der Waals surface area contributed by atoms with Crippen molar-refractivity contribution in [3.63, 3.8) is 0 Å². The SMILES string of the molecule is CCCCNC(=O)C[NH+]1CCCC[C@@H]1c1nc2ccccc2s1. The number of piperidine rings is 1. The van der Waals surface area contributed by atoms with Gasteiger partial charge in [0.1, 0.15) is 6.04 Å². The lowest BCUT2D eigenvalue weighted by Gasteiger charge is -2.30. The number of hydrogen-bond acceptors (Lipinski definition) is 3. The molecule has 0 bridgehead atoms. The number of unbranched alkanes of at least 4 members (excludes halogenated alkanes) is 1. The number of thiazole rings is 1. The fraction of sp³-hybridized carbons (Fsp3) is 0.556. The molecule has 1 saturated heterocycles. The van der Waals surface area contributed by atoms with Gasteiger partial charge in [0.25, 0.3) is 5.91 Å². The lowest BCUT2D eigenvalue weighted by atomic mass is 10.0. The smallest absolute Gasteiger partial charge is 0.275 e. The molecule has 124 valence electrons. The van der Waals surface area contributed by atoms with Crippen LogP contribution in [0.4, 0.5) is 0 Å². The normalized spacial score (nSPS) is 21.4. The zero-order chi connectivity index (χ0) is 16.1. The van der Waals surface area contributed by atoms with Crippen LogP contribution in [0.2, 0.25) is 0 Å². The summed E-state index contributed by atoms with van der Waals surface area (Å²) in [6.45, 7) is 4.59. The molecule has 2 N–H and O–H groups in total. The van der Waals surface area contributed by atoms with E-state index in [1.54, 1.807) is 11.3 Å². The van der Waals surface area contributed by atoms with E-state index in [1.807, 2.05) is 6.07 Å². The number of rotatable bonds is 6. The molecule has 4 nitrogen and oxygen atoms in total. The monoisotopic (exact) mass is 332 g/mol. The fourth-order valence-electron chi connectivity index (χ4n) is 3.30. The Kier molecular flexibility index (Phi) is 5.62. The molecule has 1 amide bonds. The first-order valence-electron chi connectivity index (χ1n) is 8.74. The largest absolute Gasteiger partial charge is 0.351 e. The van der Waals surface area contributed by atoms with Crippen molar-refractivity contribution in [2.75, 3.05) is 19.6 Å². The fourth-order valence-corrected chi connectivity index (χ4v) is 4.46. The molecule has 1 aromatic heterocycles. The molecule has 1 fully saturated rings. The van der Waals surface area contributed by atoms with Crippen molar-refractivity contribution in [2.24, 2.45) is 0 Å². The molecule has 0 aliphatic carbocycles. The van der Waals surface area contributed by atoms with Crippen molar-refractivity contribution in [3.8, 4) is 0 Å². The Balaban J connectivity index is 1.69. The number of nitrogens with zero attached hydrogens (tertiary/aromatic N) is 1. The Labute approximate surface area is 141 Å². The zero-order valence-electron chi connectivity index (χ0n) is 13.8. The van der Waals surface area contributed by atoms with E-state index in [0.29, 0.717) is 12.6 Å². The van der Waals surface area contributed by atoms with Gasteiger partial charge in [0.05, 0.1) is 16.8 Å². The Bertz CT molecular complexity index is 622. The molecule has 1 unspecified atom stereocenters. The number of fused-ring (bicyclic) bond motifs is 1. The highest BCUT2D eigenvalue weighted by Crippen LogP contribution is 2.28. The van der Waals surface area contributed by atoms with E-state index in [0.717, 1.165) is 37.9 Å². The molecule has 1 aliphatic rings. The quantitative estimate of drug-likeness (QED) is 0.798. The van der Waals surface area contributed by atoms with Gasteiger partial charge in [0.2, 0.25) is 0 Å². The average molecular weight is 332 g/mol. The minimum Gasteiger partial charge on any atom is -0.351 e. The molecule has 1 aromatic carbocycles. The van der Waals surface area contributed by atoms with Gasteiger partial charge in [-0.05, 0) is 31.4 Å². The molecule has 3 rings (SSSR count). The number of amides is 1. The maximum atomic E-state index is 12.2. The summed E-state index contributed by atoms with van der Waals surface area (Å²) in [5.41, 5.74) is 1.09. The number of benzene rings is 1. The number of hydrogen-bond donors (Lipinski definition) is 2. The van der Waals surface area contributed by atoms with E-state index >= 15 is 0 Å². The van der Waals surface area contributed by atoms with Crippen molar-refractivity contribution < 1.29 is 9.69 Å². The van der Waals surface area contributed by atoms with Gasteiger partial charge in [0.15, 0.2) is 11.6 Å². The van der Waals surface area contributed by atoms with Crippen LogP contribution in [0.15, 0.2) is 24.3 Å². The van der Waals surface area contributed by atoms with Gasteiger partial charge in [-0.3, -0.25) is 4.79 Å². The maximum absolute atomic E-state index is 12.2. The third-order valence-corrected chi connectivity index (χ3v) is 5.73. The summed E-state index contributed by atoms with van der Waals surface area (Å²) in [5.74, 6) is 0.182. The molecular weight excluding hydrogens is 306 g/mol. The first kappa shape index (κ1) is 16.4. The number of carbonyl (C=O) groups excluding carboxylic acids is 1. The molecule has 23 heavy (non-hydrogen) atoms. The third kappa shape index (κ3) is 4.09. The zero-order valence-corrected chi connectivity index (χ0v) is 14.6. The van der Waals surface area contributed by atoms with Crippen LogP contribution in [-0.2, 0) is 4.79 Å². The molecular formula is C18H26N3OS+. The van der Waals surface area contributed by atoms with E-state index in [1.165, 1.54) is 27.4 Å². The topological polar surface area (TPSA) is 46.4 Å². The highest BCUT2D eigenvalue weighted by Gasteiger charge is 2.31. The number of nitrogens with one attached hydrogen (secondary N) is 2. The molecule has 0 saturated carbocycles. The molecule has 5 heteroatoms. The van der Waals surface area contributed by atoms with Crippen LogP contribution in [-0.4, -0.2) is 30.5 Å².